The molecule has 1 saturated heterocycles. The van der Waals surface area contributed by atoms with Gasteiger partial charge in [0.25, 0.3) is 0 Å². The normalized spacial score (nSPS) is 13.8. The van der Waals surface area contributed by atoms with E-state index >= 15 is 0 Å². The molecule has 35 heavy (non-hydrogen) atoms. The van der Waals surface area contributed by atoms with Crippen molar-refractivity contribution >= 4 is 0 Å². The van der Waals surface area contributed by atoms with Crippen LogP contribution < -0.4 is 14.8 Å². The van der Waals surface area contributed by atoms with Crippen LogP contribution in [0.4, 0.5) is 0 Å². The third-order valence-electron chi connectivity index (χ3n) is 6.74. The molecule has 0 spiro atoms. The predicted octanol–water partition coefficient (Wildman–Crippen LogP) is 5.79. The minimum atomic E-state index is 0.684. The summed E-state index contributed by atoms with van der Waals surface area (Å²) in [6, 6.07) is 16.7. The number of benzene rings is 2. The van der Waals surface area contributed by atoms with E-state index in [9.17, 15) is 0 Å². The summed E-state index contributed by atoms with van der Waals surface area (Å²) in [5, 5.41) is 3.45. The van der Waals surface area contributed by atoms with E-state index in [-0.39, 0.29) is 0 Å². The number of ether oxygens (including phenoxy) is 2. The number of hydrogen-bond acceptors (Lipinski definition) is 5. The smallest absolute Gasteiger partial charge is 0.122 e. The van der Waals surface area contributed by atoms with E-state index in [1.165, 1.54) is 53.7 Å². The van der Waals surface area contributed by atoms with E-state index in [4.69, 9.17) is 9.47 Å². The Bertz CT molecular complexity index is 1050. The zero-order valence-electron chi connectivity index (χ0n) is 21.3. The van der Waals surface area contributed by atoms with Crippen molar-refractivity contribution in [3.8, 4) is 22.6 Å². The zero-order chi connectivity index (χ0) is 24.3. The van der Waals surface area contributed by atoms with E-state index in [1.807, 2.05) is 12.3 Å². The number of rotatable bonds is 13. The van der Waals surface area contributed by atoms with Crippen LogP contribution in [0.3, 0.4) is 0 Å². The van der Waals surface area contributed by atoms with Gasteiger partial charge in [-0.1, -0.05) is 30.3 Å². The lowest BCUT2D eigenvalue weighted by molar-refractivity contribution is 0.262. The Morgan fingerprint density at radius 2 is 1.49 bits per heavy atom. The minimum absolute atomic E-state index is 0.684. The predicted molar refractivity (Wildman–Crippen MR) is 143 cm³/mol. The Balaban J connectivity index is 1.28. The summed E-state index contributed by atoms with van der Waals surface area (Å²) in [7, 11) is 0. The highest BCUT2D eigenvalue weighted by Crippen LogP contribution is 2.35. The molecule has 186 valence electrons. The third-order valence-corrected chi connectivity index (χ3v) is 6.74. The summed E-state index contributed by atoms with van der Waals surface area (Å²) in [4.78, 5) is 6.69. The molecule has 0 atom stereocenters. The molecule has 0 saturated carbocycles. The van der Waals surface area contributed by atoms with Crippen LogP contribution in [-0.4, -0.2) is 49.3 Å². The van der Waals surface area contributed by atoms with E-state index < -0.39 is 0 Å². The highest BCUT2D eigenvalue weighted by Gasteiger charge is 2.13. The summed E-state index contributed by atoms with van der Waals surface area (Å²) < 4.78 is 12.4. The first-order valence-corrected chi connectivity index (χ1v) is 13.0. The molecule has 1 fully saturated rings. The number of nitrogens with one attached hydrogen (secondary N) is 1. The van der Waals surface area contributed by atoms with Gasteiger partial charge in [-0.05, 0) is 105 Å². The van der Waals surface area contributed by atoms with Gasteiger partial charge in [0, 0.05) is 25.5 Å². The summed E-state index contributed by atoms with van der Waals surface area (Å²) in [6.07, 6.45) is 8.40. The maximum Gasteiger partial charge on any atom is 0.122 e. The first-order chi connectivity index (χ1) is 17.2. The third kappa shape index (κ3) is 7.30. The SMILES string of the molecule is Cc1c(OCCCNCc2cccnc2)cccc1-c1cccc(OCCCN2CCCC2)c1C. The Morgan fingerprint density at radius 1 is 0.829 bits per heavy atom. The van der Waals surface area contributed by atoms with Gasteiger partial charge in [0.15, 0.2) is 0 Å². The van der Waals surface area contributed by atoms with Gasteiger partial charge in [-0.2, -0.15) is 0 Å². The molecule has 0 aliphatic carbocycles. The molecule has 4 rings (SSSR count). The Labute approximate surface area is 210 Å². The summed E-state index contributed by atoms with van der Waals surface area (Å²) in [5.74, 6) is 1.93. The van der Waals surface area contributed by atoms with Gasteiger partial charge < -0.3 is 19.7 Å². The van der Waals surface area contributed by atoms with Gasteiger partial charge >= 0.3 is 0 Å². The van der Waals surface area contributed by atoms with Crippen LogP contribution in [0.5, 0.6) is 11.5 Å². The second-order valence-electron chi connectivity index (χ2n) is 9.35. The van der Waals surface area contributed by atoms with E-state index in [1.54, 1.807) is 6.20 Å². The van der Waals surface area contributed by atoms with Gasteiger partial charge in [-0.25, -0.2) is 0 Å². The van der Waals surface area contributed by atoms with Crippen molar-refractivity contribution in [3.63, 3.8) is 0 Å². The molecule has 1 aliphatic heterocycles. The van der Waals surface area contributed by atoms with Crippen molar-refractivity contribution in [2.24, 2.45) is 0 Å². The molecule has 1 N–H and O–H groups in total. The topological polar surface area (TPSA) is 46.6 Å². The van der Waals surface area contributed by atoms with Crippen molar-refractivity contribution in [1.29, 1.82) is 0 Å². The fourth-order valence-electron chi connectivity index (χ4n) is 4.72. The van der Waals surface area contributed by atoms with E-state index in [2.05, 4.69) is 71.5 Å². The van der Waals surface area contributed by atoms with Gasteiger partial charge in [0.05, 0.1) is 13.2 Å². The lowest BCUT2D eigenvalue weighted by Crippen LogP contribution is -2.22. The van der Waals surface area contributed by atoms with Crippen molar-refractivity contribution in [3.05, 3.63) is 77.6 Å². The molecule has 0 radical (unpaired) electrons. The van der Waals surface area contributed by atoms with Crippen molar-refractivity contribution in [2.45, 2.75) is 46.1 Å². The van der Waals surface area contributed by atoms with Crippen LogP contribution in [0.1, 0.15) is 42.4 Å². The zero-order valence-corrected chi connectivity index (χ0v) is 21.3. The molecule has 1 aliphatic rings. The first kappa shape index (κ1) is 25.2. The molecule has 3 aromatic rings. The van der Waals surface area contributed by atoms with Crippen LogP contribution in [-0.2, 0) is 6.54 Å². The van der Waals surface area contributed by atoms with Crippen molar-refractivity contribution in [1.82, 2.24) is 15.2 Å². The van der Waals surface area contributed by atoms with Crippen molar-refractivity contribution in [2.75, 3.05) is 39.4 Å². The summed E-state index contributed by atoms with van der Waals surface area (Å²) in [5.41, 5.74) is 5.98. The fourth-order valence-corrected chi connectivity index (χ4v) is 4.72. The average molecular weight is 474 g/mol. The van der Waals surface area contributed by atoms with Crippen LogP contribution in [0.25, 0.3) is 11.1 Å². The molecule has 2 heterocycles. The molecule has 2 aromatic carbocycles. The van der Waals surface area contributed by atoms with Crippen LogP contribution in [0.2, 0.25) is 0 Å². The highest BCUT2D eigenvalue weighted by molar-refractivity contribution is 5.74. The number of hydrogen-bond donors (Lipinski definition) is 1. The largest absolute Gasteiger partial charge is 0.493 e. The van der Waals surface area contributed by atoms with Crippen LogP contribution in [0.15, 0.2) is 60.9 Å². The quantitative estimate of drug-likeness (QED) is 0.319. The first-order valence-electron chi connectivity index (χ1n) is 13.0. The standard InChI is InChI=1S/C30H39N3O2/c1-24-27(11-5-13-29(24)34-20-8-16-32-23-26-10-7-15-31-22-26)28-12-6-14-30(25(28)2)35-21-9-19-33-17-3-4-18-33/h5-7,10-15,22,32H,3-4,8-9,16-21,23H2,1-2H3. The molecule has 1 aromatic heterocycles. The highest BCUT2D eigenvalue weighted by atomic mass is 16.5. The van der Waals surface area contributed by atoms with Crippen LogP contribution >= 0.6 is 0 Å². The molecule has 0 unspecified atom stereocenters. The van der Waals surface area contributed by atoms with Gasteiger partial charge in [0.2, 0.25) is 0 Å². The number of pyridine rings is 1. The molecule has 5 heteroatoms. The summed E-state index contributed by atoms with van der Waals surface area (Å²) in [6.45, 7) is 11.1. The molecule has 0 bridgehead atoms. The average Bonchev–Trinajstić information content (AvgIpc) is 3.40. The summed E-state index contributed by atoms with van der Waals surface area (Å²) >= 11 is 0. The van der Waals surface area contributed by atoms with Crippen LogP contribution in [0, 0.1) is 13.8 Å². The second-order valence-corrected chi connectivity index (χ2v) is 9.35. The number of aromatic nitrogens is 1. The maximum atomic E-state index is 6.19. The number of nitrogens with zero attached hydrogens (tertiary/aromatic N) is 2. The lowest BCUT2D eigenvalue weighted by atomic mass is 9.95. The molecule has 5 nitrogen and oxygen atoms in total. The minimum Gasteiger partial charge on any atom is -0.493 e. The van der Waals surface area contributed by atoms with Gasteiger partial charge in [-0.3, -0.25) is 4.98 Å². The van der Waals surface area contributed by atoms with Gasteiger partial charge in [-0.15, -0.1) is 0 Å². The maximum absolute atomic E-state index is 6.19. The second kappa shape index (κ2) is 13.3. The Morgan fingerprint density at radius 3 is 2.11 bits per heavy atom. The molecule has 0 amide bonds. The monoisotopic (exact) mass is 473 g/mol. The Hall–Kier alpha value is -2.89. The number of likely N-dealkylation sites (tertiary alicyclic amines) is 1. The van der Waals surface area contributed by atoms with E-state index in [0.717, 1.165) is 50.6 Å². The lowest BCUT2D eigenvalue weighted by Gasteiger charge is -2.18. The Kier molecular flexibility index (Phi) is 9.56. The molecular formula is C30H39N3O2. The van der Waals surface area contributed by atoms with E-state index in [0.29, 0.717) is 6.61 Å². The fraction of sp³-hybridized carbons (Fsp3) is 0.433. The van der Waals surface area contributed by atoms with Gasteiger partial charge in [0.1, 0.15) is 11.5 Å². The van der Waals surface area contributed by atoms with Crippen molar-refractivity contribution < 1.29 is 9.47 Å². The molecular weight excluding hydrogens is 434 g/mol.